The molecule has 6 heteroatoms. The van der Waals surface area contributed by atoms with E-state index in [1.807, 2.05) is 44.2 Å². The van der Waals surface area contributed by atoms with Gasteiger partial charge in [0.1, 0.15) is 17.3 Å². The van der Waals surface area contributed by atoms with Gasteiger partial charge in [-0.1, -0.05) is 49.7 Å². The maximum atomic E-state index is 13.5. The number of ether oxygens (including phenoxy) is 2. The van der Waals surface area contributed by atoms with Gasteiger partial charge in [-0.15, -0.1) is 0 Å². The number of benzene rings is 3. The highest BCUT2D eigenvalue weighted by molar-refractivity contribution is 6.51. The average Bonchev–Trinajstić information content (AvgIpc) is 3.13. The molecule has 1 aliphatic heterocycles. The van der Waals surface area contributed by atoms with Crippen molar-refractivity contribution >= 4 is 23.1 Å². The van der Waals surface area contributed by atoms with E-state index in [1.165, 1.54) is 12.0 Å². The number of aliphatic hydroxyl groups excluding tert-OH is 1. The number of rotatable bonds is 7. The zero-order valence-corrected chi connectivity index (χ0v) is 21.2. The second-order valence-corrected chi connectivity index (χ2v) is 9.43. The highest BCUT2D eigenvalue weighted by atomic mass is 16.5. The summed E-state index contributed by atoms with van der Waals surface area (Å²) in [5.41, 5.74) is 3.47. The summed E-state index contributed by atoms with van der Waals surface area (Å²) in [4.78, 5) is 28.3. The Bertz CT molecular complexity index is 1320. The molecule has 3 aromatic rings. The van der Waals surface area contributed by atoms with Crippen LogP contribution < -0.4 is 14.4 Å². The van der Waals surface area contributed by atoms with Crippen molar-refractivity contribution in [3.63, 3.8) is 0 Å². The van der Waals surface area contributed by atoms with E-state index >= 15 is 0 Å². The maximum Gasteiger partial charge on any atom is 0.300 e. The van der Waals surface area contributed by atoms with Crippen LogP contribution in [0.5, 0.6) is 11.5 Å². The Hall–Kier alpha value is -4.06. The lowest BCUT2D eigenvalue weighted by Crippen LogP contribution is -2.29. The minimum Gasteiger partial charge on any atom is -0.507 e. The molecule has 1 N–H and O–H groups in total. The Morgan fingerprint density at radius 2 is 1.69 bits per heavy atom. The fourth-order valence-corrected chi connectivity index (χ4v) is 4.40. The molecule has 1 amide bonds. The van der Waals surface area contributed by atoms with Crippen LogP contribution in [0.1, 0.15) is 42.1 Å². The van der Waals surface area contributed by atoms with E-state index in [4.69, 9.17) is 9.47 Å². The molecule has 3 aromatic carbocycles. The van der Waals surface area contributed by atoms with E-state index in [2.05, 4.69) is 13.8 Å². The lowest BCUT2D eigenvalue weighted by molar-refractivity contribution is -0.132. The van der Waals surface area contributed by atoms with E-state index < -0.39 is 17.7 Å². The van der Waals surface area contributed by atoms with Gasteiger partial charge in [0.25, 0.3) is 11.7 Å². The number of methoxy groups -OCH3 is 1. The van der Waals surface area contributed by atoms with Gasteiger partial charge in [-0.2, -0.15) is 0 Å². The second kappa shape index (κ2) is 10.3. The monoisotopic (exact) mass is 485 g/mol. The average molecular weight is 486 g/mol. The smallest absolute Gasteiger partial charge is 0.300 e. The number of carbonyl (C=O) groups is 2. The quantitative estimate of drug-likeness (QED) is 0.253. The van der Waals surface area contributed by atoms with E-state index in [1.54, 1.807) is 36.4 Å². The van der Waals surface area contributed by atoms with Crippen molar-refractivity contribution in [1.82, 2.24) is 0 Å². The number of carbonyl (C=O) groups excluding carboxylic acids is 2. The minimum atomic E-state index is -0.807. The number of anilines is 1. The van der Waals surface area contributed by atoms with Crippen molar-refractivity contribution in [2.75, 3.05) is 18.6 Å². The lowest BCUT2D eigenvalue weighted by atomic mass is 9.92. The molecular formula is C30H31NO5. The number of amides is 1. The zero-order valence-electron chi connectivity index (χ0n) is 21.2. The molecule has 4 rings (SSSR count). The van der Waals surface area contributed by atoms with Crippen LogP contribution in [0.2, 0.25) is 0 Å². The highest BCUT2D eigenvalue weighted by Gasteiger charge is 2.47. The predicted octanol–water partition coefficient (Wildman–Crippen LogP) is 5.97. The number of Topliss-reactive ketones (excluding diaryl/α,β-unsaturated/α-hetero) is 1. The van der Waals surface area contributed by atoms with Crippen molar-refractivity contribution in [2.24, 2.45) is 5.92 Å². The van der Waals surface area contributed by atoms with Gasteiger partial charge in [0.2, 0.25) is 0 Å². The van der Waals surface area contributed by atoms with Crippen LogP contribution in [0, 0.1) is 19.8 Å². The van der Waals surface area contributed by atoms with Gasteiger partial charge in [-0.05, 0) is 67.3 Å². The summed E-state index contributed by atoms with van der Waals surface area (Å²) < 4.78 is 11.2. The Labute approximate surface area is 211 Å². The molecule has 0 radical (unpaired) electrons. The van der Waals surface area contributed by atoms with Crippen molar-refractivity contribution in [3.05, 3.63) is 94.6 Å². The number of hydrogen-bond donors (Lipinski definition) is 1. The molecule has 0 bridgehead atoms. The van der Waals surface area contributed by atoms with Crippen LogP contribution in [0.15, 0.2) is 72.3 Å². The minimum absolute atomic E-state index is 0.0262. The first-order valence-corrected chi connectivity index (χ1v) is 12.0. The SMILES string of the molecule is COc1ccc(C)cc1/C(O)=C1\C(=O)C(=O)N(c2ccc(OCC(C)C)cc2)C1c1ccccc1C. The fraction of sp³-hybridized carbons (Fsp3) is 0.267. The highest BCUT2D eigenvalue weighted by Crippen LogP contribution is 2.44. The number of hydrogen-bond acceptors (Lipinski definition) is 5. The van der Waals surface area contributed by atoms with Crippen molar-refractivity contribution in [2.45, 2.75) is 33.7 Å². The van der Waals surface area contributed by atoms with Crippen LogP contribution in [-0.4, -0.2) is 30.5 Å². The van der Waals surface area contributed by atoms with Gasteiger partial charge in [-0.25, -0.2) is 0 Å². The Balaban J connectivity index is 1.88. The summed E-state index contributed by atoms with van der Waals surface area (Å²) in [7, 11) is 1.50. The fourth-order valence-electron chi connectivity index (χ4n) is 4.40. The Morgan fingerprint density at radius 3 is 2.33 bits per heavy atom. The first-order chi connectivity index (χ1) is 17.2. The molecule has 1 saturated heterocycles. The van der Waals surface area contributed by atoms with E-state index in [0.717, 1.165) is 16.7 Å². The molecule has 1 fully saturated rings. The van der Waals surface area contributed by atoms with E-state index in [-0.39, 0.29) is 11.3 Å². The number of nitrogens with zero attached hydrogens (tertiary/aromatic N) is 1. The molecule has 0 aromatic heterocycles. The second-order valence-electron chi connectivity index (χ2n) is 9.43. The summed E-state index contributed by atoms with van der Waals surface area (Å²) in [6, 6.07) is 19.2. The molecule has 0 spiro atoms. The molecule has 6 nitrogen and oxygen atoms in total. The van der Waals surface area contributed by atoms with E-state index in [9.17, 15) is 14.7 Å². The van der Waals surface area contributed by atoms with Crippen LogP contribution in [-0.2, 0) is 9.59 Å². The largest absolute Gasteiger partial charge is 0.507 e. The van der Waals surface area contributed by atoms with Gasteiger partial charge in [0, 0.05) is 5.69 Å². The summed E-state index contributed by atoms with van der Waals surface area (Å²) >= 11 is 0. The summed E-state index contributed by atoms with van der Waals surface area (Å²) in [6.07, 6.45) is 0. The third kappa shape index (κ3) is 4.71. The molecule has 36 heavy (non-hydrogen) atoms. The first kappa shape index (κ1) is 25.0. The first-order valence-electron chi connectivity index (χ1n) is 12.0. The van der Waals surface area contributed by atoms with Crippen LogP contribution >= 0.6 is 0 Å². The topological polar surface area (TPSA) is 76.1 Å². The molecule has 1 aliphatic rings. The van der Waals surface area contributed by atoms with Gasteiger partial charge < -0.3 is 14.6 Å². The zero-order chi connectivity index (χ0) is 26.0. The molecule has 186 valence electrons. The molecule has 0 aliphatic carbocycles. The van der Waals surface area contributed by atoms with Crippen molar-refractivity contribution in [1.29, 1.82) is 0 Å². The summed E-state index contributed by atoms with van der Waals surface area (Å²) in [5, 5.41) is 11.5. The third-order valence-electron chi connectivity index (χ3n) is 6.24. The van der Waals surface area contributed by atoms with Crippen molar-refractivity contribution < 1.29 is 24.2 Å². The predicted molar refractivity (Wildman–Crippen MR) is 140 cm³/mol. The van der Waals surface area contributed by atoms with E-state index in [0.29, 0.717) is 35.3 Å². The molecule has 1 atom stereocenters. The van der Waals surface area contributed by atoms with Gasteiger partial charge in [0.15, 0.2) is 0 Å². The number of ketones is 1. The number of aryl methyl sites for hydroxylation is 2. The summed E-state index contributed by atoms with van der Waals surface area (Å²) in [5.74, 6) is -0.235. The maximum absolute atomic E-state index is 13.5. The standard InChI is InChI=1S/C30H31NO5/c1-18(2)17-36-22-13-11-21(12-14-22)31-27(23-9-7-6-8-20(23)4)26(29(33)30(31)34)28(32)24-16-19(3)10-15-25(24)35-5/h6-16,18,27,32H,17H2,1-5H3/b28-26+. The van der Waals surface area contributed by atoms with Crippen LogP contribution in [0.4, 0.5) is 5.69 Å². The Morgan fingerprint density at radius 1 is 1.00 bits per heavy atom. The van der Waals surface area contributed by atoms with Crippen LogP contribution in [0.3, 0.4) is 0 Å². The molecule has 0 saturated carbocycles. The normalized spacial score (nSPS) is 17.1. The molecule has 1 unspecified atom stereocenters. The molecule has 1 heterocycles. The van der Waals surface area contributed by atoms with Gasteiger partial charge in [-0.3, -0.25) is 14.5 Å². The van der Waals surface area contributed by atoms with Gasteiger partial charge in [0.05, 0.1) is 30.9 Å². The Kier molecular flexibility index (Phi) is 7.15. The summed E-state index contributed by atoms with van der Waals surface area (Å²) in [6.45, 7) is 8.52. The van der Waals surface area contributed by atoms with Gasteiger partial charge >= 0.3 is 0 Å². The lowest BCUT2D eigenvalue weighted by Gasteiger charge is -2.27. The third-order valence-corrected chi connectivity index (χ3v) is 6.24. The van der Waals surface area contributed by atoms with Crippen LogP contribution in [0.25, 0.3) is 5.76 Å². The van der Waals surface area contributed by atoms with Crippen molar-refractivity contribution in [3.8, 4) is 11.5 Å². The number of aliphatic hydroxyl groups is 1. The molecular weight excluding hydrogens is 454 g/mol.